The van der Waals surface area contributed by atoms with E-state index in [0.29, 0.717) is 39.4 Å². The first-order valence-electron chi connectivity index (χ1n) is 11.1. The molecule has 4 rings (SSSR count). The Morgan fingerprint density at radius 2 is 1.83 bits per heavy atom. The van der Waals surface area contributed by atoms with Crippen LogP contribution in [0.4, 0.5) is 17.2 Å². The van der Waals surface area contributed by atoms with E-state index in [1.54, 1.807) is 18.3 Å². The van der Waals surface area contributed by atoms with Gasteiger partial charge in [0.15, 0.2) is 5.16 Å². The zero-order valence-corrected chi connectivity index (χ0v) is 20.9. The molecule has 4 aromatic rings. The number of halogens is 1. The van der Waals surface area contributed by atoms with E-state index in [2.05, 4.69) is 31.7 Å². The highest BCUT2D eigenvalue weighted by Gasteiger charge is 2.17. The Bertz CT molecular complexity index is 1440. The quantitative estimate of drug-likeness (QED) is 0.0832. The van der Waals surface area contributed by atoms with Gasteiger partial charge in [0.1, 0.15) is 17.5 Å². The minimum absolute atomic E-state index is 0.0214. The second kappa shape index (κ2) is 11.7. The number of thioether (sulfide) groups is 1. The third-order valence-corrected chi connectivity index (χ3v) is 6.23. The van der Waals surface area contributed by atoms with Gasteiger partial charge >= 0.3 is 0 Å². The number of nitro groups is 1. The van der Waals surface area contributed by atoms with E-state index in [1.165, 1.54) is 23.9 Å². The molecule has 0 aliphatic carbocycles. The summed E-state index contributed by atoms with van der Waals surface area (Å²) in [5.74, 6) is 0.454. The van der Waals surface area contributed by atoms with Gasteiger partial charge in [0, 0.05) is 53.1 Å². The lowest BCUT2D eigenvalue weighted by molar-refractivity contribution is -0.384. The molecule has 0 spiro atoms. The number of benzene rings is 2. The van der Waals surface area contributed by atoms with Crippen molar-refractivity contribution in [3.63, 3.8) is 0 Å². The van der Waals surface area contributed by atoms with Crippen molar-refractivity contribution in [2.75, 3.05) is 30.0 Å². The summed E-state index contributed by atoms with van der Waals surface area (Å²) in [6.07, 6.45) is 5.35. The van der Waals surface area contributed by atoms with E-state index in [0.717, 1.165) is 36.0 Å². The lowest BCUT2D eigenvalue weighted by atomic mass is 10.1. The smallest absolute Gasteiger partial charge is 0.269 e. The van der Waals surface area contributed by atoms with Crippen LogP contribution in [-0.2, 0) is 0 Å². The summed E-state index contributed by atoms with van der Waals surface area (Å²) in [7, 11) is 0. The van der Waals surface area contributed by atoms with E-state index < -0.39 is 4.92 Å². The van der Waals surface area contributed by atoms with Crippen molar-refractivity contribution in [2.24, 2.45) is 0 Å². The second-order valence-electron chi connectivity index (χ2n) is 7.78. The van der Waals surface area contributed by atoms with E-state index in [4.69, 9.17) is 11.6 Å². The minimum atomic E-state index is -0.461. The van der Waals surface area contributed by atoms with Crippen molar-refractivity contribution in [1.29, 1.82) is 5.26 Å². The highest BCUT2D eigenvalue weighted by atomic mass is 35.5. The fraction of sp³-hybridized carbons (Fsp3) is 0.200. The van der Waals surface area contributed by atoms with Crippen molar-refractivity contribution in [3.8, 4) is 17.3 Å². The van der Waals surface area contributed by atoms with Gasteiger partial charge in [-0.05, 0) is 55.5 Å². The highest BCUT2D eigenvalue weighted by Crippen LogP contribution is 2.30. The van der Waals surface area contributed by atoms with Gasteiger partial charge in [0.2, 0.25) is 0 Å². The van der Waals surface area contributed by atoms with Crippen molar-refractivity contribution < 1.29 is 4.92 Å². The molecule has 0 bridgehead atoms. The number of anilines is 2. The molecular weight excluding hydrogens is 498 g/mol. The van der Waals surface area contributed by atoms with E-state index in [9.17, 15) is 15.4 Å². The number of pyridine rings is 1. The molecule has 9 nitrogen and oxygen atoms in total. The fourth-order valence-corrected chi connectivity index (χ4v) is 4.20. The number of nitrogens with zero attached hydrogens (tertiary/aromatic N) is 5. The van der Waals surface area contributed by atoms with Crippen LogP contribution >= 0.6 is 23.4 Å². The topological polar surface area (TPSA) is 130 Å². The molecular formula is C25H22ClN7O2S. The predicted molar refractivity (Wildman–Crippen MR) is 144 cm³/mol. The second-order valence-corrected chi connectivity index (χ2v) is 8.99. The Kier molecular flexibility index (Phi) is 8.15. The Balaban J connectivity index is 1.40. The van der Waals surface area contributed by atoms with Gasteiger partial charge in [-0.1, -0.05) is 23.4 Å². The molecule has 36 heavy (non-hydrogen) atoms. The van der Waals surface area contributed by atoms with Crippen LogP contribution < -0.4 is 10.6 Å². The standard InChI is InChI=1S/C25H22ClN7O2S/c1-36-25-31-23(16-4-7-18(8-5-16)33(34)35)20(15-27)24(32-25)30-12-3-2-11-28-21-10-13-29-22-14-17(26)6-9-19(21)22/h4-10,13-14H,2-3,11-12H2,1H3,(H,28,29)(H,30,31,32). The van der Waals surface area contributed by atoms with Crippen LogP contribution in [0.1, 0.15) is 18.4 Å². The molecule has 0 amide bonds. The Morgan fingerprint density at radius 1 is 1.08 bits per heavy atom. The number of hydrogen-bond acceptors (Lipinski definition) is 9. The number of hydrogen-bond donors (Lipinski definition) is 2. The summed E-state index contributed by atoms with van der Waals surface area (Å²) in [6, 6.07) is 15.8. The van der Waals surface area contributed by atoms with Crippen molar-refractivity contribution in [3.05, 3.63) is 75.4 Å². The first kappa shape index (κ1) is 25.2. The van der Waals surface area contributed by atoms with Crippen LogP contribution in [-0.4, -0.2) is 39.2 Å². The zero-order chi connectivity index (χ0) is 25.5. The van der Waals surface area contributed by atoms with Crippen LogP contribution in [0.25, 0.3) is 22.2 Å². The molecule has 0 saturated carbocycles. The molecule has 2 heterocycles. The third-order valence-electron chi connectivity index (χ3n) is 5.45. The molecule has 0 saturated heterocycles. The van der Waals surface area contributed by atoms with Crippen LogP contribution in [0.15, 0.2) is 59.9 Å². The summed E-state index contributed by atoms with van der Waals surface area (Å²) in [5, 5.41) is 29.7. The summed E-state index contributed by atoms with van der Waals surface area (Å²) in [4.78, 5) is 23.8. The molecule has 2 aromatic heterocycles. The number of non-ortho nitro benzene ring substituents is 1. The zero-order valence-electron chi connectivity index (χ0n) is 19.4. The van der Waals surface area contributed by atoms with Crippen molar-refractivity contribution in [1.82, 2.24) is 15.0 Å². The van der Waals surface area contributed by atoms with Crippen LogP contribution in [0, 0.1) is 21.4 Å². The molecule has 0 aliphatic rings. The van der Waals surface area contributed by atoms with Crippen LogP contribution in [0.3, 0.4) is 0 Å². The molecule has 11 heteroatoms. The third kappa shape index (κ3) is 5.82. The lowest BCUT2D eigenvalue weighted by Gasteiger charge is -2.13. The van der Waals surface area contributed by atoms with E-state index in [-0.39, 0.29) is 5.69 Å². The van der Waals surface area contributed by atoms with Gasteiger partial charge in [0.25, 0.3) is 5.69 Å². The summed E-state index contributed by atoms with van der Waals surface area (Å²) in [5.41, 5.74) is 3.20. The molecule has 2 aromatic carbocycles. The number of unbranched alkanes of at least 4 members (excludes halogenated alkanes) is 1. The van der Waals surface area contributed by atoms with Gasteiger partial charge in [0.05, 0.1) is 16.1 Å². The van der Waals surface area contributed by atoms with Crippen LogP contribution in [0.2, 0.25) is 5.02 Å². The maximum atomic E-state index is 11.0. The number of nitriles is 1. The molecule has 182 valence electrons. The van der Waals surface area contributed by atoms with Gasteiger partial charge < -0.3 is 10.6 Å². The van der Waals surface area contributed by atoms with E-state index in [1.807, 2.05) is 30.5 Å². The van der Waals surface area contributed by atoms with Gasteiger partial charge in [-0.3, -0.25) is 15.1 Å². The van der Waals surface area contributed by atoms with Gasteiger partial charge in [-0.2, -0.15) is 5.26 Å². The summed E-state index contributed by atoms with van der Waals surface area (Å²) in [6.45, 7) is 1.38. The number of nitrogens with one attached hydrogen (secondary N) is 2. The summed E-state index contributed by atoms with van der Waals surface area (Å²) >= 11 is 7.43. The fourth-order valence-electron chi connectivity index (χ4n) is 3.67. The first-order chi connectivity index (χ1) is 17.5. The van der Waals surface area contributed by atoms with Crippen LogP contribution in [0.5, 0.6) is 0 Å². The average Bonchev–Trinajstić information content (AvgIpc) is 2.89. The van der Waals surface area contributed by atoms with Gasteiger partial charge in [-0.25, -0.2) is 9.97 Å². The monoisotopic (exact) mass is 519 g/mol. The average molecular weight is 520 g/mol. The maximum absolute atomic E-state index is 11.0. The number of nitro benzene ring substituents is 1. The molecule has 0 aliphatic heterocycles. The predicted octanol–water partition coefficient (Wildman–Crippen LogP) is 6.15. The maximum Gasteiger partial charge on any atom is 0.269 e. The number of aromatic nitrogens is 3. The number of rotatable bonds is 10. The Labute approximate surface area is 217 Å². The largest absolute Gasteiger partial charge is 0.384 e. The molecule has 0 atom stereocenters. The Hall–Kier alpha value is -3.94. The highest BCUT2D eigenvalue weighted by molar-refractivity contribution is 7.98. The SMILES string of the molecule is CSc1nc(NCCCCNc2ccnc3cc(Cl)ccc23)c(C#N)c(-c2ccc([N+](=O)[O-])cc2)n1. The molecule has 2 N–H and O–H groups in total. The van der Waals surface area contributed by atoms with Gasteiger partial charge in [-0.15, -0.1) is 0 Å². The molecule has 0 radical (unpaired) electrons. The normalized spacial score (nSPS) is 10.7. The Morgan fingerprint density at radius 3 is 2.53 bits per heavy atom. The summed E-state index contributed by atoms with van der Waals surface area (Å²) < 4.78 is 0. The number of fused-ring (bicyclic) bond motifs is 1. The van der Waals surface area contributed by atoms with Crippen molar-refractivity contribution >= 4 is 51.5 Å². The first-order valence-corrected chi connectivity index (χ1v) is 12.7. The molecule has 0 unspecified atom stereocenters. The minimum Gasteiger partial charge on any atom is -0.384 e. The van der Waals surface area contributed by atoms with E-state index >= 15 is 0 Å². The molecule has 0 fully saturated rings. The van der Waals surface area contributed by atoms with Crippen molar-refractivity contribution in [2.45, 2.75) is 18.0 Å². The lowest BCUT2D eigenvalue weighted by Crippen LogP contribution is -2.10.